The molecule has 0 bridgehead atoms. The molecule has 1 aliphatic heterocycles. The maximum atomic E-state index is 12.7. The van der Waals surface area contributed by atoms with Crippen molar-refractivity contribution >= 4 is 5.91 Å². The lowest BCUT2D eigenvalue weighted by molar-refractivity contribution is 0.0500. The summed E-state index contributed by atoms with van der Waals surface area (Å²) in [5, 5.41) is 9.18. The topological polar surface area (TPSA) is 62.2 Å². The first-order valence-corrected chi connectivity index (χ1v) is 8.56. The number of carbonyl (C=O) groups is 1. The van der Waals surface area contributed by atoms with Gasteiger partial charge in [0.1, 0.15) is 12.4 Å². The van der Waals surface area contributed by atoms with Gasteiger partial charge >= 0.3 is 0 Å². The molecule has 24 heavy (non-hydrogen) atoms. The minimum Gasteiger partial charge on any atom is -0.491 e. The maximum Gasteiger partial charge on any atom is 0.254 e. The summed E-state index contributed by atoms with van der Waals surface area (Å²) in [5.74, 6) is 0.697. The molecule has 1 amide bonds. The molecule has 1 aromatic carbocycles. The molecule has 1 unspecified atom stereocenters. The first-order valence-electron chi connectivity index (χ1n) is 8.56. The number of piperazine rings is 1. The van der Waals surface area contributed by atoms with Crippen molar-refractivity contribution in [3.05, 3.63) is 29.8 Å². The van der Waals surface area contributed by atoms with E-state index in [1.165, 1.54) is 0 Å². The molecule has 6 nitrogen and oxygen atoms in total. The summed E-state index contributed by atoms with van der Waals surface area (Å²) in [6.07, 6.45) is 0.681. The second kappa shape index (κ2) is 9.61. The minimum atomic E-state index is 0.0151. The quantitative estimate of drug-likeness (QED) is 0.724. The molecule has 1 aliphatic rings. The Labute approximate surface area is 144 Å². The van der Waals surface area contributed by atoms with Gasteiger partial charge in [-0.05, 0) is 38.6 Å². The molecule has 2 rings (SSSR count). The van der Waals surface area contributed by atoms with E-state index in [1.54, 1.807) is 6.07 Å². The van der Waals surface area contributed by atoms with Crippen LogP contribution in [0.2, 0.25) is 0 Å². The zero-order chi connectivity index (χ0) is 17.4. The highest BCUT2D eigenvalue weighted by Crippen LogP contribution is 2.18. The number of aliphatic hydroxyl groups excluding tert-OH is 1. The van der Waals surface area contributed by atoms with Gasteiger partial charge in [-0.1, -0.05) is 6.07 Å². The van der Waals surface area contributed by atoms with E-state index >= 15 is 0 Å². The molecule has 0 radical (unpaired) electrons. The third-order valence-electron chi connectivity index (χ3n) is 4.31. The Balaban J connectivity index is 1.96. The van der Waals surface area contributed by atoms with E-state index in [4.69, 9.17) is 9.47 Å². The highest BCUT2D eigenvalue weighted by molar-refractivity contribution is 5.94. The second-order valence-electron chi connectivity index (χ2n) is 5.97. The van der Waals surface area contributed by atoms with E-state index in [0.717, 1.165) is 6.54 Å². The van der Waals surface area contributed by atoms with Crippen LogP contribution in [-0.4, -0.2) is 80.0 Å². The molecule has 134 valence electrons. The molecule has 1 atom stereocenters. The van der Waals surface area contributed by atoms with Gasteiger partial charge < -0.3 is 19.5 Å². The van der Waals surface area contributed by atoms with Crippen LogP contribution < -0.4 is 4.74 Å². The van der Waals surface area contributed by atoms with Gasteiger partial charge in [-0.15, -0.1) is 0 Å². The number of ether oxygens (including phenoxy) is 2. The zero-order valence-corrected chi connectivity index (χ0v) is 14.6. The van der Waals surface area contributed by atoms with Crippen molar-refractivity contribution in [3.8, 4) is 5.75 Å². The van der Waals surface area contributed by atoms with Crippen LogP contribution >= 0.6 is 0 Å². The highest BCUT2D eigenvalue weighted by atomic mass is 16.5. The van der Waals surface area contributed by atoms with Crippen LogP contribution in [0, 0.1) is 0 Å². The van der Waals surface area contributed by atoms with Gasteiger partial charge in [0.2, 0.25) is 0 Å². The Morgan fingerprint density at radius 3 is 2.92 bits per heavy atom. The van der Waals surface area contributed by atoms with Gasteiger partial charge in [-0.3, -0.25) is 9.69 Å². The summed E-state index contributed by atoms with van der Waals surface area (Å²) < 4.78 is 10.9. The van der Waals surface area contributed by atoms with E-state index in [1.807, 2.05) is 37.1 Å². The third-order valence-corrected chi connectivity index (χ3v) is 4.31. The van der Waals surface area contributed by atoms with Crippen molar-refractivity contribution in [1.29, 1.82) is 0 Å². The molecule has 1 aromatic rings. The van der Waals surface area contributed by atoms with Crippen LogP contribution in [0.1, 0.15) is 23.7 Å². The first-order chi connectivity index (χ1) is 11.7. The molecular weight excluding hydrogens is 308 g/mol. The van der Waals surface area contributed by atoms with E-state index in [-0.39, 0.29) is 18.6 Å². The number of rotatable bonds is 8. The summed E-state index contributed by atoms with van der Waals surface area (Å²) in [5.41, 5.74) is 0.635. The molecule has 0 aromatic heterocycles. The lowest BCUT2D eigenvalue weighted by Crippen LogP contribution is -2.53. The largest absolute Gasteiger partial charge is 0.491 e. The van der Waals surface area contributed by atoms with Crippen molar-refractivity contribution in [3.63, 3.8) is 0 Å². The van der Waals surface area contributed by atoms with Gasteiger partial charge in [0, 0.05) is 44.5 Å². The molecule has 1 heterocycles. The van der Waals surface area contributed by atoms with E-state index < -0.39 is 0 Å². The molecule has 0 aliphatic carbocycles. The maximum absolute atomic E-state index is 12.7. The van der Waals surface area contributed by atoms with Gasteiger partial charge in [0.25, 0.3) is 5.91 Å². The lowest BCUT2D eigenvalue weighted by atomic mass is 10.1. The summed E-state index contributed by atoms with van der Waals surface area (Å²) in [4.78, 5) is 16.8. The summed E-state index contributed by atoms with van der Waals surface area (Å²) >= 11 is 0. The van der Waals surface area contributed by atoms with Crippen molar-refractivity contribution in [2.24, 2.45) is 0 Å². The van der Waals surface area contributed by atoms with Crippen molar-refractivity contribution in [1.82, 2.24) is 9.80 Å². The molecule has 0 spiro atoms. The summed E-state index contributed by atoms with van der Waals surface area (Å²) in [6, 6.07) is 7.50. The molecule has 1 saturated heterocycles. The van der Waals surface area contributed by atoms with Crippen molar-refractivity contribution in [2.75, 3.05) is 53.1 Å². The fourth-order valence-corrected chi connectivity index (χ4v) is 2.86. The summed E-state index contributed by atoms with van der Waals surface area (Å²) in [6.45, 7) is 5.92. The van der Waals surface area contributed by atoms with Crippen LogP contribution in [0.25, 0.3) is 0 Å². The number of benzene rings is 1. The molecule has 1 N–H and O–H groups in total. The second-order valence-corrected chi connectivity index (χ2v) is 5.97. The number of nitrogens with zero attached hydrogens (tertiary/aromatic N) is 2. The predicted molar refractivity (Wildman–Crippen MR) is 92.5 cm³/mol. The average Bonchev–Trinajstić information content (AvgIpc) is 2.60. The molecule has 6 heteroatoms. The van der Waals surface area contributed by atoms with Crippen LogP contribution in [-0.2, 0) is 4.74 Å². The van der Waals surface area contributed by atoms with Crippen molar-refractivity contribution in [2.45, 2.75) is 19.4 Å². The fraction of sp³-hybridized carbons (Fsp3) is 0.611. The van der Waals surface area contributed by atoms with Gasteiger partial charge in [-0.25, -0.2) is 0 Å². The Bertz CT molecular complexity index is 523. The Kier molecular flexibility index (Phi) is 7.49. The Morgan fingerprint density at radius 1 is 1.33 bits per heavy atom. The monoisotopic (exact) mass is 336 g/mol. The van der Waals surface area contributed by atoms with Gasteiger partial charge in [-0.2, -0.15) is 0 Å². The van der Waals surface area contributed by atoms with Crippen LogP contribution in [0.15, 0.2) is 24.3 Å². The Morgan fingerprint density at radius 2 is 2.17 bits per heavy atom. The predicted octanol–water partition coefficient (Wildman–Crippen LogP) is 1.24. The number of hydrogen-bond acceptors (Lipinski definition) is 5. The van der Waals surface area contributed by atoms with Gasteiger partial charge in [0.15, 0.2) is 0 Å². The standard InChI is InChI=1S/C18H28N2O4/c1-3-23-11-12-24-17-6-4-5-15(13-17)18(22)20-9-8-19(2)16(14-20)7-10-21/h4-6,13,16,21H,3,7-12,14H2,1-2H3. The molecule has 1 fully saturated rings. The number of amides is 1. The first kappa shape index (κ1) is 18.7. The van der Waals surface area contributed by atoms with Crippen molar-refractivity contribution < 1.29 is 19.4 Å². The molecule has 0 saturated carbocycles. The van der Waals surface area contributed by atoms with E-state index in [0.29, 0.717) is 50.6 Å². The number of aliphatic hydroxyl groups is 1. The number of hydrogen-bond donors (Lipinski definition) is 1. The highest BCUT2D eigenvalue weighted by Gasteiger charge is 2.27. The molecular formula is C18H28N2O4. The smallest absolute Gasteiger partial charge is 0.254 e. The minimum absolute atomic E-state index is 0.0151. The number of likely N-dealkylation sites (N-methyl/N-ethyl adjacent to an activating group) is 1. The van der Waals surface area contributed by atoms with E-state index in [9.17, 15) is 9.90 Å². The lowest BCUT2D eigenvalue weighted by Gasteiger charge is -2.39. The number of carbonyl (C=O) groups excluding carboxylic acids is 1. The van der Waals surface area contributed by atoms with Crippen LogP contribution in [0.4, 0.5) is 0 Å². The SMILES string of the molecule is CCOCCOc1cccc(C(=O)N2CCN(C)C(CCO)C2)c1. The normalized spacial score (nSPS) is 18.6. The summed E-state index contributed by atoms with van der Waals surface area (Å²) in [7, 11) is 2.04. The van der Waals surface area contributed by atoms with Gasteiger partial charge in [0.05, 0.1) is 6.61 Å². The zero-order valence-electron chi connectivity index (χ0n) is 14.6. The average molecular weight is 336 g/mol. The Hall–Kier alpha value is -1.63. The fourth-order valence-electron chi connectivity index (χ4n) is 2.86. The van der Waals surface area contributed by atoms with Crippen LogP contribution in [0.5, 0.6) is 5.75 Å². The van der Waals surface area contributed by atoms with Crippen LogP contribution in [0.3, 0.4) is 0 Å². The van der Waals surface area contributed by atoms with E-state index in [2.05, 4.69) is 4.90 Å². The third kappa shape index (κ3) is 5.19.